The van der Waals surface area contributed by atoms with E-state index >= 15 is 0 Å². The highest BCUT2D eigenvalue weighted by Crippen LogP contribution is 2.13. The fourth-order valence-corrected chi connectivity index (χ4v) is 1.23. The van der Waals surface area contributed by atoms with Crippen LogP contribution in [-0.4, -0.2) is 33.5 Å². The van der Waals surface area contributed by atoms with Gasteiger partial charge in [0.05, 0.1) is 0 Å². The Balaban J connectivity index is 2.13. The quantitative estimate of drug-likeness (QED) is 0.777. The number of hydrogen-bond donors (Lipinski definition) is 1. The summed E-state index contributed by atoms with van der Waals surface area (Å²) in [5.74, 6) is 1.17. The maximum atomic E-state index is 5.10. The molecule has 0 saturated heterocycles. The van der Waals surface area contributed by atoms with Crippen molar-refractivity contribution in [2.24, 2.45) is 7.05 Å². The van der Waals surface area contributed by atoms with E-state index in [9.17, 15) is 0 Å². The summed E-state index contributed by atoms with van der Waals surface area (Å²) in [5.41, 5.74) is 0.709. The maximum Gasteiger partial charge on any atom is 0.278 e. The Morgan fingerprint density at radius 3 is 3.07 bits per heavy atom. The Morgan fingerprint density at radius 1 is 1.53 bits per heavy atom. The molecular weight excluding hydrogens is 194 g/mol. The highest BCUT2D eigenvalue weighted by molar-refractivity contribution is 5.44. The second-order valence-electron chi connectivity index (χ2n) is 3.24. The number of nitrogens with one attached hydrogen (secondary N) is 1. The molecule has 0 aliphatic carbocycles. The van der Waals surface area contributed by atoms with Crippen molar-refractivity contribution in [3.8, 4) is 11.6 Å². The lowest BCUT2D eigenvalue weighted by Gasteiger charge is -1.90. The van der Waals surface area contributed by atoms with Gasteiger partial charge in [0.2, 0.25) is 0 Å². The molecule has 0 amide bonds. The van der Waals surface area contributed by atoms with Crippen LogP contribution in [0, 0.1) is 0 Å². The summed E-state index contributed by atoms with van der Waals surface area (Å²) >= 11 is 0. The molecule has 0 radical (unpaired) electrons. The van der Waals surface area contributed by atoms with E-state index in [0.717, 1.165) is 13.0 Å². The van der Waals surface area contributed by atoms with Gasteiger partial charge < -0.3 is 9.84 Å². The molecule has 0 atom stereocenters. The summed E-state index contributed by atoms with van der Waals surface area (Å²) in [5, 5.41) is 11.1. The van der Waals surface area contributed by atoms with Crippen molar-refractivity contribution >= 4 is 0 Å². The Kier molecular flexibility index (Phi) is 2.77. The van der Waals surface area contributed by atoms with Gasteiger partial charge in [-0.3, -0.25) is 4.68 Å². The van der Waals surface area contributed by atoms with Crippen LogP contribution in [0.5, 0.6) is 0 Å². The van der Waals surface area contributed by atoms with E-state index in [1.807, 2.05) is 26.4 Å². The molecule has 0 aliphatic rings. The first-order chi connectivity index (χ1) is 7.29. The largest absolute Gasteiger partial charge is 0.332 e. The fourth-order valence-electron chi connectivity index (χ4n) is 1.23. The lowest BCUT2D eigenvalue weighted by Crippen LogP contribution is -2.11. The van der Waals surface area contributed by atoms with Gasteiger partial charge in [0.15, 0.2) is 11.5 Å². The van der Waals surface area contributed by atoms with Crippen LogP contribution in [0.2, 0.25) is 0 Å². The Labute approximate surface area is 87.3 Å². The lowest BCUT2D eigenvalue weighted by molar-refractivity contribution is 0.420. The average Bonchev–Trinajstić information content (AvgIpc) is 2.83. The molecule has 2 aromatic heterocycles. The van der Waals surface area contributed by atoms with Crippen molar-refractivity contribution in [3.63, 3.8) is 0 Å². The summed E-state index contributed by atoms with van der Waals surface area (Å²) in [4.78, 5) is 4.24. The summed E-state index contributed by atoms with van der Waals surface area (Å²) in [7, 11) is 3.74. The number of aryl methyl sites for hydroxylation is 1. The van der Waals surface area contributed by atoms with Crippen molar-refractivity contribution in [3.05, 3.63) is 18.1 Å². The smallest absolute Gasteiger partial charge is 0.278 e. The van der Waals surface area contributed by atoms with E-state index in [4.69, 9.17) is 4.52 Å². The highest BCUT2D eigenvalue weighted by atomic mass is 16.5. The summed E-state index contributed by atoms with van der Waals surface area (Å²) in [6.45, 7) is 0.835. The van der Waals surface area contributed by atoms with Crippen LogP contribution in [0.25, 0.3) is 11.6 Å². The van der Waals surface area contributed by atoms with Gasteiger partial charge in [-0.25, -0.2) is 0 Å². The molecule has 0 saturated carbocycles. The van der Waals surface area contributed by atoms with Gasteiger partial charge in [-0.05, 0) is 13.1 Å². The van der Waals surface area contributed by atoms with E-state index in [0.29, 0.717) is 17.4 Å². The molecule has 1 N–H and O–H groups in total. The predicted octanol–water partition coefficient (Wildman–Crippen LogP) is 0.232. The van der Waals surface area contributed by atoms with Gasteiger partial charge in [0.1, 0.15) is 0 Å². The van der Waals surface area contributed by atoms with Gasteiger partial charge in [0, 0.05) is 26.2 Å². The van der Waals surface area contributed by atoms with Gasteiger partial charge in [0.25, 0.3) is 5.89 Å². The first-order valence-electron chi connectivity index (χ1n) is 4.77. The van der Waals surface area contributed by atoms with Crippen molar-refractivity contribution in [1.29, 1.82) is 0 Å². The van der Waals surface area contributed by atoms with Crippen LogP contribution in [0.3, 0.4) is 0 Å². The first-order valence-corrected chi connectivity index (χ1v) is 4.77. The zero-order valence-electron chi connectivity index (χ0n) is 8.77. The molecule has 2 heterocycles. The number of nitrogens with zero attached hydrogens (tertiary/aromatic N) is 4. The molecule has 0 aliphatic heterocycles. The third-order valence-corrected chi connectivity index (χ3v) is 2.00. The minimum Gasteiger partial charge on any atom is -0.332 e. The SMILES string of the molecule is CNCCc1noc(-c2ccn(C)n2)n1. The molecule has 6 nitrogen and oxygen atoms in total. The summed E-state index contributed by atoms with van der Waals surface area (Å²) in [6.07, 6.45) is 2.60. The zero-order valence-corrected chi connectivity index (χ0v) is 8.77. The highest BCUT2D eigenvalue weighted by Gasteiger charge is 2.10. The van der Waals surface area contributed by atoms with Crippen molar-refractivity contribution < 1.29 is 4.52 Å². The standard InChI is InChI=1S/C9H13N5O/c1-10-5-3-8-11-9(15-13-8)7-4-6-14(2)12-7/h4,6,10H,3,5H2,1-2H3. The molecule has 2 rings (SSSR count). The van der Waals surface area contributed by atoms with Gasteiger partial charge in [-0.1, -0.05) is 5.16 Å². The normalized spacial score (nSPS) is 10.8. The van der Waals surface area contributed by atoms with Gasteiger partial charge in [-0.2, -0.15) is 10.1 Å². The fraction of sp³-hybridized carbons (Fsp3) is 0.444. The molecule has 0 aromatic carbocycles. The minimum absolute atomic E-state index is 0.474. The minimum atomic E-state index is 0.474. The molecule has 0 fully saturated rings. The molecule has 15 heavy (non-hydrogen) atoms. The third-order valence-electron chi connectivity index (χ3n) is 2.00. The van der Waals surface area contributed by atoms with E-state index in [-0.39, 0.29) is 0 Å². The third kappa shape index (κ3) is 2.21. The zero-order chi connectivity index (χ0) is 10.7. The topological polar surface area (TPSA) is 68.8 Å². The lowest BCUT2D eigenvalue weighted by atomic mass is 10.4. The molecule has 0 spiro atoms. The summed E-state index contributed by atoms with van der Waals surface area (Å²) < 4.78 is 6.80. The Hall–Kier alpha value is -1.69. The van der Waals surface area contributed by atoms with Crippen LogP contribution in [0.1, 0.15) is 5.82 Å². The van der Waals surface area contributed by atoms with Crippen LogP contribution in [0.15, 0.2) is 16.8 Å². The van der Waals surface area contributed by atoms with Crippen molar-refractivity contribution in [1.82, 2.24) is 25.2 Å². The van der Waals surface area contributed by atoms with E-state index in [1.54, 1.807) is 4.68 Å². The second kappa shape index (κ2) is 4.22. The van der Waals surface area contributed by atoms with Gasteiger partial charge in [-0.15, -0.1) is 0 Å². The van der Waals surface area contributed by atoms with Crippen molar-refractivity contribution in [2.45, 2.75) is 6.42 Å². The van der Waals surface area contributed by atoms with E-state index < -0.39 is 0 Å². The van der Waals surface area contributed by atoms with Crippen LogP contribution < -0.4 is 5.32 Å². The van der Waals surface area contributed by atoms with Crippen molar-refractivity contribution in [2.75, 3.05) is 13.6 Å². The number of aromatic nitrogens is 4. The number of likely N-dealkylation sites (N-methyl/N-ethyl adjacent to an activating group) is 1. The average molecular weight is 207 g/mol. The van der Waals surface area contributed by atoms with E-state index in [1.165, 1.54) is 0 Å². The van der Waals surface area contributed by atoms with Crippen LogP contribution >= 0.6 is 0 Å². The molecule has 6 heteroatoms. The Morgan fingerprint density at radius 2 is 2.40 bits per heavy atom. The number of hydrogen-bond acceptors (Lipinski definition) is 5. The number of rotatable bonds is 4. The second-order valence-corrected chi connectivity index (χ2v) is 3.24. The molecule has 2 aromatic rings. The molecule has 80 valence electrons. The van der Waals surface area contributed by atoms with Crippen LogP contribution in [0.4, 0.5) is 0 Å². The maximum absolute atomic E-state index is 5.10. The van der Waals surface area contributed by atoms with E-state index in [2.05, 4.69) is 20.6 Å². The molecule has 0 unspecified atom stereocenters. The summed E-state index contributed by atoms with van der Waals surface area (Å²) in [6, 6.07) is 1.84. The Bertz CT molecular complexity index is 433. The molecule has 0 bridgehead atoms. The predicted molar refractivity (Wildman–Crippen MR) is 54.1 cm³/mol. The first kappa shape index (κ1) is 9.85. The molecular formula is C9H13N5O. The monoisotopic (exact) mass is 207 g/mol. The van der Waals surface area contributed by atoms with Crippen LogP contribution in [-0.2, 0) is 13.5 Å². The van der Waals surface area contributed by atoms with Gasteiger partial charge >= 0.3 is 0 Å².